The third-order valence-corrected chi connectivity index (χ3v) is 4.36. The van der Waals surface area contributed by atoms with Gasteiger partial charge in [-0.15, -0.1) is 0 Å². The maximum absolute atomic E-state index is 12.2. The highest BCUT2D eigenvalue weighted by Crippen LogP contribution is 2.14. The van der Waals surface area contributed by atoms with Crippen molar-refractivity contribution in [2.45, 2.75) is 51.5 Å². The van der Waals surface area contributed by atoms with E-state index in [0.717, 1.165) is 51.9 Å². The SMILES string of the molecule is C[C@H](NC(=O)CCC1CCNC1)C(=O)N1CCCCC1. The summed E-state index contributed by atoms with van der Waals surface area (Å²) in [5, 5.41) is 6.16. The molecule has 2 atom stereocenters. The van der Waals surface area contributed by atoms with Gasteiger partial charge in [0.2, 0.25) is 11.8 Å². The standard InChI is InChI=1S/C15H27N3O2/c1-12(15(20)18-9-3-2-4-10-18)17-14(19)6-5-13-7-8-16-11-13/h12-13,16H,2-11H2,1H3,(H,17,19)/t12-,13?/m0/s1. The number of hydrogen-bond donors (Lipinski definition) is 2. The van der Waals surface area contributed by atoms with E-state index in [1.54, 1.807) is 6.92 Å². The van der Waals surface area contributed by atoms with Gasteiger partial charge in [-0.3, -0.25) is 9.59 Å². The molecular weight excluding hydrogens is 254 g/mol. The van der Waals surface area contributed by atoms with Gasteiger partial charge < -0.3 is 15.5 Å². The second-order valence-corrected chi connectivity index (χ2v) is 6.07. The third kappa shape index (κ3) is 4.47. The number of nitrogens with one attached hydrogen (secondary N) is 2. The molecule has 2 fully saturated rings. The summed E-state index contributed by atoms with van der Waals surface area (Å²) < 4.78 is 0. The first kappa shape index (κ1) is 15.3. The summed E-state index contributed by atoms with van der Waals surface area (Å²) in [5.41, 5.74) is 0. The van der Waals surface area contributed by atoms with Crippen LogP contribution in [-0.2, 0) is 9.59 Å². The summed E-state index contributed by atoms with van der Waals surface area (Å²) in [6.07, 6.45) is 5.99. The molecule has 2 amide bonds. The van der Waals surface area contributed by atoms with Crippen LogP contribution in [-0.4, -0.2) is 48.9 Å². The van der Waals surface area contributed by atoms with E-state index >= 15 is 0 Å². The Morgan fingerprint density at radius 1 is 1.30 bits per heavy atom. The third-order valence-electron chi connectivity index (χ3n) is 4.36. The molecule has 2 rings (SSSR count). The molecule has 20 heavy (non-hydrogen) atoms. The summed E-state index contributed by atoms with van der Waals surface area (Å²) >= 11 is 0. The van der Waals surface area contributed by atoms with Crippen molar-refractivity contribution in [1.29, 1.82) is 0 Å². The van der Waals surface area contributed by atoms with Gasteiger partial charge in [0.15, 0.2) is 0 Å². The van der Waals surface area contributed by atoms with E-state index < -0.39 is 0 Å². The van der Waals surface area contributed by atoms with Crippen LogP contribution in [0.15, 0.2) is 0 Å². The van der Waals surface area contributed by atoms with Gasteiger partial charge in [0.05, 0.1) is 0 Å². The van der Waals surface area contributed by atoms with Crippen LogP contribution in [0.5, 0.6) is 0 Å². The first-order chi connectivity index (χ1) is 9.66. The van der Waals surface area contributed by atoms with Crippen molar-refractivity contribution in [3.05, 3.63) is 0 Å². The number of rotatable bonds is 5. The van der Waals surface area contributed by atoms with Crippen molar-refractivity contribution in [3.8, 4) is 0 Å². The molecule has 0 bridgehead atoms. The first-order valence-electron chi connectivity index (χ1n) is 7.95. The fourth-order valence-corrected chi connectivity index (χ4v) is 3.06. The Kier molecular flexibility index (Phi) is 5.83. The smallest absolute Gasteiger partial charge is 0.244 e. The monoisotopic (exact) mass is 281 g/mol. The summed E-state index contributed by atoms with van der Waals surface area (Å²) in [7, 11) is 0. The van der Waals surface area contributed by atoms with Gasteiger partial charge in [-0.05, 0) is 58.0 Å². The molecule has 2 aliphatic rings. The van der Waals surface area contributed by atoms with Crippen LogP contribution in [0.4, 0.5) is 0 Å². The minimum Gasteiger partial charge on any atom is -0.345 e. The number of carbonyl (C=O) groups excluding carboxylic acids is 2. The van der Waals surface area contributed by atoms with Crippen LogP contribution in [0, 0.1) is 5.92 Å². The van der Waals surface area contributed by atoms with E-state index in [1.165, 1.54) is 6.42 Å². The molecule has 0 saturated carbocycles. The van der Waals surface area contributed by atoms with Gasteiger partial charge >= 0.3 is 0 Å². The number of nitrogens with zero attached hydrogens (tertiary/aromatic N) is 1. The van der Waals surface area contributed by atoms with Crippen molar-refractivity contribution in [3.63, 3.8) is 0 Å². The van der Waals surface area contributed by atoms with Gasteiger partial charge in [-0.25, -0.2) is 0 Å². The van der Waals surface area contributed by atoms with Gasteiger partial charge in [-0.2, -0.15) is 0 Å². The molecular formula is C15H27N3O2. The van der Waals surface area contributed by atoms with Gasteiger partial charge in [0, 0.05) is 19.5 Å². The highest BCUT2D eigenvalue weighted by atomic mass is 16.2. The molecule has 1 unspecified atom stereocenters. The second-order valence-electron chi connectivity index (χ2n) is 6.07. The summed E-state index contributed by atoms with van der Waals surface area (Å²) in [6.45, 7) is 5.57. The number of carbonyl (C=O) groups is 2. The van der Waals surface area contributed by atoms with E-state index in [1.807, 2.05) is 4.90 Å². The maximum Gasteiger partial charge on any atom is 0.244 e. The Balaban J connectivity index is 1.67. The van der Waals surface area contributed by atoms with E-state index in [0.29, 0.717) is 12.3 Å². The molecule has 2 saturated heterocycles. The van der Waals surface area contributed by atoms with Crippen LogP contribution in [0.1, 0.15) is 45.4 Å². The normalized spacial score (nSPS) is 24.4. The molecule has 0 radical (unpaired) electrons. The molecule has 5 nitrogen and oxygen atoms in total. The van der Waals surface area contributed by atoms with Gasteiger partial charge in [0.1, 0.15) is 6.04 Å². The largest absolute Gasteiger partial charge is 0.345 e. The topological polar surface area (TPSA) is 61.4 Å². The van der Waals surface area contributed by atoms with Crippen LogP contribution in [0.3, 0.4) is 0 Å². The van der Waals surface area contributed by atoms with Crippen molar-refractivity contribution in [2.75, 3.05) is 26.2 Å². The molecule has 2 heterocycles. The van der Waals surface area contributed by atoms with Gasteiger partial charge in [-0.1, -0.05) is 0 Å². The molecule has 0 aromatic rings. The van der Waals surface area contributed by atoms with Crippen LogP contribution in [0.25, 0.3) is 0 Å². The minimum absolute atomic E-state index is 0.00904. The zero-order chi connectivity index (χ0) is 14.4. The molecule has 0 aromatic heterocycles. The summed E-state index contributed by atoms with van der Waals surface area (Å²) in [5.74, 6) is 0.698. The molecule has 0 spiro atoms. The molecule has 0 aliphatic carbocycles. The zero-order valence-corrected chi connectivity index (χ0v) is 12.5. The number of likely N-dealkylation sites (tertiary alicyclic amines) is 1. The summed E-state index contributed by atoms with van der Waals surface area (Å²) in [4.78, 5) is 26.0. The van der Waals surface area contributed by atoms with E-state index in [4.69, 9.17) is 0 Å². The molecule has 114 valence electrons. The lowest BCUT2D eigenvalue weighted by Crippen LogP contribution is -2.48. The van der Waals surface area contributed by atoms with Gasteiger partial charge in [0.25, 0.3) is 0 Å². The number of amides is 2. The average Bonchev–Trinajstić information content (AvgIpc) is 2.98. The average molecular weight is 281 g/mol. The zero-order valence-electron chi connectivity index (χ0n) is 12.5. The Labute approximate surface area is 121 Å². The van der Waals surface area contributed by atoms with E-state index in [-0.39, 0.29) is 17.9 Å². The summed E-state index contributed by atoms with van der Waals surface area (Å²) in [6, 6.07) is -0.387. The van der Waals surface area contributed by atoms with Crippen molar-refractivity contribution < 1.29 is 9.59 Å². The minimum atomic E-state index is -0.387. The molecule has 0 aromatic carbocycles. The fraction of sp³-hybridized carbons (Fsp3) is 0.867. The van der Waals surface area contributed by atoms with Crippen molar-refractivity contribution >= 4 is 11.8 Å². The second kappa shape index (κ2) is 7.62. The predicted octanol–water partition coefficient (Wildman–Crippen LogP) is 0.893. The lowest BCUT2D eigenvalue weighted by Gasteiger charge is -2.29. The van der Waals surface area contributed by atoms with Crippen molar-refractivity contribution in [1.82, 2.24) is 15.5 Å². The predicted molar refractivity (Wildman–Crippen MR) is 78.2 cm³/mol. The highest BCUT2D eigenvalue weighted by molar-refractivity contribution is 5.87. The van der Waals surface area contributed by atoms with Crippen LogP contribution in [0.2, 0.25) is 0 Å². The van der Waals surface area contributed by atoms with Crippen molar-refractivity contribution in [2.24, 2.45) is 5.92 Å². The Hall–Kier alpha value is -1.10. The lowest BCUT2D eigenvalue weighted by molar-refractivity contribution is -0.136. The van der Waals surface area contributed by atoms with E-state index in [9.17, 15) is 9.59 Å². The Bertz CT molecular complexity index is 334. The first-order valence-corrected chi connectivity index (χ1v) is 7.95. The highest BCUT2D eigenvalue weighted by Gasteiger charge is 2.23. The van der Waals surface area contributed by atoms with E-state index in [2.05, 4.69) is 10.6 Å². The van der Waals surface area contributed by atoms with Crippen LogP contribution < -0.4 is 10.6 Å². The maximum atomic E-state index is 12.2. The molecule has 5 heteroatoms. The lowest BCUT2D eigenvalue weighted by atomic mass is 10.0. The molecule has 2 N–H and O–H groups in total. The molecule has 2 aliphatic heterocycles. The Morgan fingerprint density at radius 3 is 2.70 bits per heavy atom. The fourth-order valence-electron chi connectivity index (χ4n) is 3.06. The number of hydrogen-bond acceptors (Lipinski definition) is 3. The quantitative estimate of drug-likeness (QED) is 0.787. The number of piperidine rings is 1. The van der Waals surface area contributed by atoms with Crippen LogP contribution >= 0.6 is 0 Å². The Morgan fingerprint density at radius 2 is 2.05 bits per heavy atom.